The third-order valence-corrected chi connectivity index (χ3v) is 3.60. The molecule has 0 aliphatic rings. The topological polar surface area (TPSA) is 12.0 Å². The highest BCUT2D eigenvalue weighted by Crippen LogP contribution is 2.37. The molecule has 21 heavy (non-hydrogen) atoms. The van der Waals surface area contributed by atoms with Gasteiger partial charge in [0.2, 0.25) is 0 Å². The maximum Gasteiger partial charge on any atom is 0.416 e. The number of aryl methyl sites for hydroxylation is 2. The molecule has 2 aromatic carbocycles. The van der Waals surface area contributed by atoms with Crippen LogP contribution >= 0.6 is 0 Å². The molecule has 1 N–H and O–H groups in total. The smallest absolute Gasteiger partial charge is 0.309 e. The highest BCUT2D eigenvalue weighted by atomic mass is 19.4. The van der Waals surface area contributed by atoms with E-state index >= 15 is 0 Å². The Labute approximate surface area is 122 Å². The maximum absolute atomic E-state index is 13.2. The molecule has 0 fully saturated rings. The van der Waals surface area contributed by atoms with Gasteiger partial charge in [0, 0.05) is 0 Å². The summed E-state index contributed by atoms with van der Waals surface area (Å²) in [6.45, 7) is 3.89. The summed E-state index contributed by atoms with van der Waals surface area (Å²) in [6, 6.07) is 11.0. The normalized spacial score (nSPS) is 13.2. The molecule has 0 heterocycles. The van der Waals surface area contributed by atoms with E-state index in [4.69, 9.17) is 0 Å². The van der Waals surface area contributed by atoms with Crippen molar-refractivity contribution in [3.8, 4) is 0 Å². The second-order valence-corrected chi connectivity index (χ2v) is 5.17. The Hall–Kier alpha value is -1.81. The first-order valence-corrected chi connectivity index (χ1v) is 6.75. The fraction of sp³-hybridized carbons (Fsp3) is 0.294. The molecular formula is C17H18F3N. The van der Waals surface area contributed by atoms with Crippen molar-refractivity contribution >= 4 is 0 Å². The predicted octanol–water partition coefficient (Wildman–Crippen LogP) is 4.63. The summed E-state index contributed by atoms with van der Waals surface area (Å²) < 4.78 is 39.6. The van der Waals surface area contributed by atoms with E-state index in [0.717, 1.165) is 22.8 Å². The lowest BCUT2D eigenvalue weighted by molar-refractivity contribution is -0.138. The van der Waals surface area contributed by atoms with Crippen LogP contribution in [0.25, 0.3) is 0 Å². The summed E-state index contributed by atoms with van der Waals surface area (Å²) in [5.74, 6) is 0. The van der Waals surface area contributed by atoms with Crippen LogP contribution in [0.4, 0.5) is 13.2 Å². The van der Waals surface area contributed by atoms with Gasteiger partial charge in [0.1, 0.15) is 0 Å². The van der Waals surface area contributed by atoms with Crippen LogP contribution in [0.5, 0.6) is 0 Å². The Morgan fingerprint density at radius 1 is 0.952 bits per heavy atom. The van der Waals surface area contributed by atoms with E-state index in [9.17, 15) is 13.2 Å². The molecule has 0 amide bonds. The van der Waals surface area contributed by atoms with E-state index < -0.39 is 17.8 Å². The molecule has 0 radical (unpaired) electrons. The fourth-order valence-electron chi connectivity index (χ4n) is 2.63. The Bertz CT molecular complexity index is 632. The number of rotatable bonds is 3. The predicted molar refractivity (Wildman–Crippen MR) is 78.3 cm³/mol. The molecule has 1 atom stereocenters. The summed E-state index contributed by atoms with van der Waals surface area (Å²) >= 11 is 0. The minimum Gasteiger partial charge on any atom is -0.309 e. The van der Waals surface area contributed by atoms with E-state index in [1.165, 1.54) is 12.1 Å². The lowest BCUT2D eigenvalue weighted by Gasteiger charge is -2.23. The number of hydrogen-bond donors (Lipinski definition) is 1. The van der Waals surface area contributed by atoms with Crippen LogP contribution in [0.3, 0.4) is 0 Å². The Morgan fingerprint density at radius 2 is 1.62 bits per heavy atom. The number of hydrogen-bond acceptors (Lipinski definition) is 1. The summed E-state index contributed by atoms with van der Waals surface area (Å²) in [5, 5.41) is 3.01. The monoisotopic (exact) mass is 293 g/mol. The Balaban J connectivity index is 2.57. The van der Waals surface area contributed by atoms with E-state index in [2.05, 4.69) is 5.32 Å². The second kappa shape index (κ2) is 5.90. The highest BCUT2D eigenvalue weighted by molar-refractivity contribution is 5.42. The molecular weight excluding hydrogens is 275 g/mol. The van der Waals surface area contributed by atoms with E-state index in [-0.39, 0.29) is 5.56 Å². The van der Waals surface area contributed by atoms with Crippen molar-refractivity contribution in [2.24, 2.45) is 0 Å². The van der Waals surface area contributed by atoms with Gasteiger partial charge in [-0.3, -0.25) is 0 Å². The quantitative estimate of drug-likeness (QED) is 0.870. The van der Waals surface area contributed by atoms with E-state index in [1.54, 1.807) is 13.1 Å². The van der Waals surface area contributed by atoms with Crippen LogP contribution < -0.4 is 5.32 Å². The van der Waals surface area contributed by atoms with Crippen molar-refractivity contribution in [1.29, 1.82) is 0 Å². The van der Waals surface area contributed by atoms with Gasteiger partial charge in [0.05, 0.1) is 11.6 Å². The molecule has 0 aliphatic heterocycles. The minimum atomic E-state index is -4.36. The molecule has 2 rings (SSSR count). The van der Waals surface area contributed by atoms with Crippen molar-refractivity contribution in [2.45, 2.75) is 26.1 Å². The van der Waals surface area contributed by atoms with Crippen LogP contribution in [0, 0.1) is 13.8 Å². The van der Waals surface area contributed by atoms with Gasteiger partial charge >= 0.3 is 6.18 Å². The van der Waals surface area contributed by atoms with Crippen LogP contribution in [-0.2, 0) is 6.18 Å². The van der Waals surface area contributed by atoms with Crippen molar-refractivity contribution in [2.75, 3.05) is 7.05 Å². The first kappa shape index (κ1) is 15.6. The SMILES string of the molecule is CNC(c1ccc(C)cc1C)c1ccccc1C(F)(F)F. The number of nitrogens with one attached hydrogen (secondary N) is 1. The summed E-state index contributed by atoms with van der Waals surface area (Å²) in [7, 11) is 1.68. The molecule has 1 nitrogen and oxygen atoms in total. The van der Waals surface area contributed by atoms with Crippen molar-refractivity contribution < 1.29 is 13.2 Å². The van der Waals surface area contributed by atoms with E-state index in [0.29, 0.717) is 0 Å². The molecule has 0 aromatic heterocycles. The van der Waals surface area contributed by atoms with Gasteiger partial charge in [-0.05, 0) is 43.7 Å². The Kier molecular flexibility index (Phi) is 4.37. The zero-order chi connectivity index (χ0) is 15.6. The molecule has 0 bridgehead atoms. The molecule has 4 heteroatoms. The largest absolute Gasteiger partial charge is 0.416 e. The second-order valence-electron chi connectivity index (χ2n) is 5.17. The number of halogens is 3. The molecule has 0 saturated carbocycles. The lowest BCUT2D eigenvalue weighted by atomic mass is 9.91. The van der Waals surface area contributed by atoms with E-state index in [1.807, 2.05) is 32.0 Å². The molecule has 0 spiro atoms. The first-order chi connectivity index (χ1) is 9.84. The third kappa shape index (κ3) is 3.27. The lowest BCUT2D eigenvalue weighted by Crippen LogP contribution is -2.22. The van der Waals surface area contributed by atoms with Gasteiger partial charge in [-0.1, -0.05) is 42.0 Å². The van der Waals surface area contributed by atoms with Gasteiger partial charge in [-0.2, -0.15) is 13.2 Å². The molecule has 0 saturated heterocycles. The van der Waals surface area contributed by atoms with Gasteiger partial charge in [0.25, 0.3) is 0 Å². The minimum absolute atomic E-state index is 0.249. The number of alkyl halides is 3. The van der Waals surface area contributed by atoms with Crippen molar-refractivity contribution in [3.63, 3.8) is 0 Å². The zero-order valence-electron chi connectivity index (χ0n) is 12.3. The Morgan fingerprint density at radius 3 is 2.19 bits per heavy atom. The van der Waals surface area contributed by atoms with Crippen LogP contribution in [0.15, 0.2) is 42.5 Å². The molecule has 1 unspecified atom stereocenters. The van der Waals surface area contributed by atoms with Crippen molar-refractivity contribution in [1.82, 2.24) is 5.32 Å². The number of benzene rings is 2. The van der Waals surface area contributed by atoms with Crippen LogP contribution in [-0.4, -0.2) is 7.05 Å². The van der Waals surface area contributed by atoms with Crippen molar-refractivity contribution in [3.05, 3.63) is 70.3 Å². The standard InChI is InChI=1S/C17H18F3N/c1-11-8-9-13(12(2)10-11)16(21-3)14-6-4-5-7-15(14)17(18,19)20/h4-10,16,21H,1-3H3. The zero-order valence-corrected chi connectivity index (χ0v) is 12.3. The van der Waals surface area contributed by atoms with Gasteiger partial charge in [0.15, 0.2) is 0 Å². The third-order valence-electron chi connectivity index (χ3n) is 3.60. The molecule has 112 valence electrons. The summed E-state index contributed by atoms with van der Waals surface area (Å²) in [6.07, 6.45) is -4.36. The van der Waals surface area contributed by atoms with Gasteiger partial charge < -0.3 is 5.32 Å². The average molecular weight is 293 g/mol. The maximum atomic E-state index is 13.2. The highest BCUT2D eigenvalue weighted by Gasteiger charge is 2.35. The fourth-order valence-corrected chi connectivity index (χ4v) is 2.63. The van der Waals surface area contributed by atoms with Gasteiger partial charge in [-0.25, -0.2) is 0 Å². The summed E-state index contributed by atoms with van der Waals surface area (Å²) in [4.78, 5) is 0. The van der Waals surface area contributed by atoms with Crippen LogP contribution in [0.1, 0.15) is 33.9 Å². The first-order valence-electron chi connectivity index (χ1n) is 6.75. The summed E-state index contributed by atoms with van der Waals surface area (Å²) in [5.41, 5.74) is 2.59. The molecule has 2 aromatic rings. The average Bonchev–Trinajstić information content (AvgIpc) is 2.41. The van der Waals surface area contributed by atoms with Crippen LogP contribution in [0.2, 0.25) is 0 Å². The molecule has 0 aliphatic carbocycles. The van der Waals surface area contributed by atoms with Gasteiger partial charge in [-0.15, -0.1) is 0 Å².